The molecule has 0 aliphatic heterocycles. The number of carbonyl (C=O) groups is 2. The number of hydrogen-bond acceptors (Lipinski definition) is 3. The van der Waals surface area contributed by atoms with Crippen molar-refractivity contribution < 1.29 is 14.7 Å². The molecular formula is C13H19ClN2O3S. The molecule has 0 radical (unpaired) electrons. The first-order valence-corrected chi connectivity index (χ1v) is 7.55. The molecule has 0 aliphatic carbocycles. The van der Waals surface area contributed by atoms with E-state index in [1.807, 2.05) is 6.07 Å². The Bertz CT molecular complexity index is 464. The maximum atomic E-state index is 11.8. The van der Waals surface area contributed by atoms with Crippen molar-refractivity contribution in [2.24, 2.45) is 5.92 Å². The number of amides is 2. The first-order valence-electron chi connectivity index (χ1n) is 6.36. The van der Waals surface area contributed by atoms with Gasteiger partial charge in [0.25, 0.3) is 0 Å². The van der Waals surface area contributed by atoms with E-state index in [0.29, 0.717) is 30.3 Å². The van der Waals surface area contributed by atoms with Crippen LogP contribution in [-0.2, 0) is 11.3 Å². The highest BCUT2D eigenvalue weighted by molar-refractivity contribution is 7.16. The topological polar surface area (TPSA) is 69.6 Å². The second-order valence-corrected chi connectivity index (χ2v) is 6.47. The summed E-state index contributed by atoms with van der Waals surface area (Å²) in [5.41, 5.74) is 0. The van der Waals surface area contributed by atoms with E-state index >= 15 is 0 Å². The van der Waals surface area contributed by atoms with Gasteiger partial charge in [-0.05, 0) is 25.0 Å². The first-order chi connectivity index (χ1) is 9.40. The van der Waals surface area contributed by atoms with Crippen LogP contribution in [0.4, 0.5) is 4.79 Å². The molecule has 5 nitrogen and oxygen atoms in total. The van der Waals surface area contributed by atoms with Gasteiger partial charge in [0.2, 0.25) is 0 Å². The Morgan fingerprint density at radius 2 is 2.20 bits per heavy atom. The van der Waals surface area contributed by atoms with E-state index < -0.39 is 5.97 Å². The van der Waals surface area contributed by atoms with Crippen molar-refractivity contribution in [1.29, 1.82) is 0 Å². The summed E-state index contributed by atoms with van der Waals surface area (Å²) in [5.74, 6) is -1.18. The molecular weight excluding hydrogens is 300 g/mol. The third kappa shape index (κ3) is 5.79. The van der Waals surface area contributed by atoms with Crippen LogP contribution in [0.2, 0.25) is 4.34 Å². The summed E-state index contributed by atoms with van der Waals surface area (Å²) >= 11 is 7.28. The average Bonchev–Trinajstić information content (AvgIpc) is 2.79. The Morgan fingerprint density at radius 1 is 1.50 bits per heavy atom. The van der Waals surface area contributed by atoms with E-state index in [0.717, 1.165) is 4.88 Å². The Balaban J connectivity index is 2.23. The minimum atomic E-state index is -0.803. The van der Waals surface area contributed by atoms with Gasteiger partial charge in [0.05, 0.1) is 16.8 Å². The molecule has 1 unspecified atom stereocenters. The van der Waals surface area contributed by atoms with Gasteiger partial charge in [-0.3, -0.25) is 4.79 Å². The second-order valence-electron chi connectivity index (χ2n) is 4.68. The van der Waals surface area contributed by atoms with Gasteiger partial charge in [0, 0.05) is 18.5 Å². The van der Waals surface area contributed by atoms with E-state index in [4.69, 9.17) is 16.7 Å². The van der Waals surface area contributed by atoms with Crippen molar-refractivity contribution in [1.82, 2.24) is 10.2 Å². The van der Waals surface area contributed by atoms with Crippen molar-refractivity contribution >= 4 is 34.9 Å². The smallest absolute Gasteiger partial charge is 0.317 e. The summed E-state index contributed by atoms with van der Waals surface area (Å²) in [7, 11) is 1.71. The summed E-state index contributed by atoms with van der Waals surface area (Å²) in [6.07, 6.45) is 1.21. The van der Waals surface area contributed by atoms with Crippen molar-refractivity contribution in [3.8, 4) is 0 Å². The Morgan fingerprint density at radius 3 is 2.75 bits per heavy atom. The zero-order valence-electron chi connectivity index (χ0n) is 11.6. The fraction of sp³-hybridized carbons (Fsp3) is 0.538. The van der Waals surface area contributed by atoms with Crippen molar-refractivity contribution in [2.75, 3.05) is 13.6 Å². The number of urea groups is 1. The van der Waals surface area contributed by atoms with Gasteiger partial charge in [0.15, 0.2) is 0 Å². The number of thiophene rings is 1. The Kier molecular flexibility index (Phi) is 6.81. The molecule has 2 amide bonds. The molecule has 0 aliphatic rings. The Labute approximate surface area is 127 Å². The summed E-state index contributed by atoms with van der Waals surface area (Å²) < 4.78 is 0.705. The number of nitrogens with zero attached hydrogens (tertiary/aromatic N) is 1. The van der Waals surface area contributed by atoms with E-state index in [2.05, 4.69) is 5.32 Å². The minimum absolute atomic E-state index is 0.169. The van der Waals surface area contributed by atoms with Gasteiger partial charge < -0.3 is 15.3 Å². The van der Waals surface area contributed by atoms with Crippen LogP contribution in [0.25, 0.3) is 0 Å². The molecule has 112 valence electrons. The molecule has 1 atom stereocenters. The standard InChI is InChI=1S/C13H19ClN2O3S/c1-9(12(17)18)4-3-7-15-13(19)16(2)8-10-5-6-11(14)20-10/h5-6,9H,3-4,7-8H2,1-2H3,(H,15,19)(H,17,18). The molecule has 2 N–H and O–H groups in total. The van der Waals surface area contributed by atoms with Gasteiger partial charge in [-0.2, -0.15) is 0 Å². The second kappa shape index (κ2) is 8.11. The minimum Gasteiger partial charge on any atom is -0.481 e. The lowest BCUT2D eigenvalue weighted by Gasteiger charge is -2.17. The molecule has 0 aromatic carbocycles. The molecule has 0 spiro atoms. The molecule has 0 bridgehead atoms. The van der Waals surface area contributed by atoms with Gasteiger partial charge >= 0.3 is 12.0 Å². The predicted molar refractivity (Wildman–Crippen MR) is 80.2 cm³/mol. The van der Waals surface area contributed by atoms with Crippen LogP contribution < -0.4 is 5.32 Å². The van der Waals surface area contributed by atoms with Crippen LogP contribution in [0, 0.1) is 5.92 Å². The fourth-order valence-corrected chi connectivity index (χ4v) is 2.75. The van der Waals surface area contributed by atoms with E-state index in [1.54, 1.807) is 24.9 Å². The molecule has 20 heavy (non-hydrogen) atoms. The summed E-state index contributed by atoms with van der Waals surface area (Å²) in [5, 5.41) is 11.5. The SMILES string of the molecule is CC(CCCNC(=O)N(C)Cc1ccc(Cl)s1)C(=O)O. The monoisotopic (exact) mass is 318 g/mol. The zero-order chi connectivity index (χ0) is 15.1. The van der Waals surface area contributed by atoms with E-state index in [1.165, 1.54) is 11.3 Å². The number of nitrogens with one attached hydrogen (secondary N) is 1. The molecule has 7 heteroatoms. The highest BCUT2D eigenvalue weighted by atomic mass is 35.5. The maximum absolute atomic E-state index is 11.8. The van der Waals surface area contributed by atoms with Crippen LogP contribution in [0.1, 0.15) is 24.6 Å². The van der Waals surface area contributed by atoms with Gasteiger partial charge in [-0.25, -0.2) is 4.79 Å². The third-order valence-electron chi connectivity index (χ3n) is 2.88. The number of rotatable bonds is 7. The quantitative estimate of drug-likeness (QED) is 0.759. The molecule has 1 rings (SSSR count). The van der Waals surface area contributed by atoms with Crippen molar-refractivity contribution in [3.63, 3.8) is 0 Å². The highest BCUT2D eigenvalue weighted by Crippen LogP contribution is 2.22. The van der Waals surface area contributed by atoms with Crippen LogP contribution in [0.5, 0.6) is 0 Å². The normalized spacial score (nSPS) is 11.9. The van der Waals surface area contributed by atoms with Crippen LogP contribution in [-0.4, -0.2) is 35.6 Å². The zero-order valence-corrected chi connectivity index (χ0v) is 13.1. The number of carboxylic acids is 1. The van der Waals surface area contributed by atoms with E-state index in [-0.39, 0.29) is 11.9 Å². The van der Waals surface area contributed by atoms with Crippen LogP contribution in [0.15, 0.2) is 12.1 Å². The van der Waals surface area contributed by atoms with Crippen LogP contribution >= 0.6 is 22.9 Å². The van der Waals surface area contributed by atoms with Crippen LogP contribution in [0.3, 0.4) is 0 Å². The highest BCUT2D eigenvalue weighted by Gasteiger charge is 2.12. The molecule has 0 fully saturated rings. The first kappa shape index (κ1) is 16.8. The lowest BCUT2D eigenvalue weighted by molar-refractivity contribution is -0.141. The summed E-state index contributed by atoms with van der Waals surface area (Å²) in [4.78, 5) is 25.0. The van der Waals surface area contributed by atoms with E-state index in [9.17, 15) is 9.59 Å². The lowest BCUT2D eigenvalue weighted by Crippen LogP contribution is -2.37. The summed E-state index contributed by atoms with van der Waals surface area (Å²) in [6.45, 7) is 2.65. The number of carbonyl (C=O) groups excluding carboxylic acids is 1. The lowest BCUT2D eigenvalue weighted by atomic mass is 10.1. The number of halogens is 1. The van der Waals surface area contributed by atoms with Gasteiger partial charge in [-0.15, -0.1) is 11.3 Å². The average molecular weight is 319 g/mol. The van der Waals surface area contributed by atoms with Crippen molar-refractivity contribution in [2.45, 2.75) is 26.3 Å². The molecule has 0 saturated carbocycles. The number of carboxylic acid groups (broad SMARTS) is 1. The predicted octanol–water partition coefficient (Wildman–Crippen LogP) is 3.04. The maximum Gasteiger partial charge on any atom is 0.317 e. The fourth-order valence-electron chi connectivity index (χ4n) is 1.60. The molecule has 1 aromatic heterocycles. The molecule has 1 heterocycles. The van der Waals surface area contributed by atoms with Gasteiger partial charge in [-0.1, -0.05) is 18.5 Å². The molecule has 1 aromatic rings. The largest absolute Gasteiger partial charge is 0.481 e. The summed E-state index contributed by atoms with van der Waals surface area (Å²) in [6, 6.07) is 3.53. The number of hydrogen-bond donors (Lipinski definition) is 2. The number of aliphatic carboxylic acids is 1. The third-order valence-corrected chi connectivity index (χ3v) is 4.10. The Hall–Kier alpha value is -1.27. The molecule has 0 saturated heterocycles. The van der Waals surface area contributed by atoms with Crippen molar-refractivity contribution in [3.05, 3.63) is 21.3 Å². The van der Waals surface area contributed by atoms with Gasteiger partial charge in [0.1, 0.15) is 0 Å².